The highest BCUT2D eigenvalue weighted by atomic mass is 19.1. The first kappa shape index (κ1) is 22.8. The number of ether oxygens (including phenoxy) is 1. The lowest BCUT2D eigenvalue weighted by Gasteiger charge is -2.35. The van der Waals surface area contributed by atoms with Crippen molar-refractivity contribution in [1.82, 2.24) is 24.6 Å². The number of piperidine rings is 1. The van der Waals surface area contributed by atoms with E-state index >= 15 is 0 Å². The summed E-state index contributed by atoms with van der Waals surface area (Å²) in [6.07, 6.45) is 5.74. The molecule has 1 fully saturated rings. The summed E-state index contributed by atoms with van der Waals surface area (Å²) in [5, 5.41) is 13.6. The molecule has 1 amide bonds. The van der Waals surface area contributed by atoms with Gasteiger partial charge in [0, 0.05) is 64.6 Å². The molecule has 0 spiro atoms. The topological polar surface area (TPSA) is 100 Å². The van der Waals surface area contributed by atoms with Crippen LogP contribution < -0.4 is 9.64 Å². The molecule has 2 aliphatic heterocycles. The van der Waals surface area contributed by atoms with Crippen LogP contribution in [-0.2, 0) is 24.8 Å². The highest BCUT2D eigenvalue weighted by molar-refractivity contribution is 5.74. The van der Waals surface area contributed by atoms with Gasteiger partial charge in [0.15, 0.2) is 5.82 Å². The first-order valence-corrected chi connectivity index (χ1v) is 11.7. The van der Waals surface area contributed by atoms with E-state index in [1.165, 1.54) is 18.2 Å². The number of rotatable bonds is 4. The summed E-state index contributed by atoms with van der Waals surface area (Å²) < 4.78 is 21.3. The van der Waals surface area contributed by atoms with Gasteiger partial charge in [0.25, 0.3) is 0 Å². The van der Waals surface area contributed by atoms with E-state index in [0.29, 0.717) is 38.3 Å². The van der Waals surface area contributed by atoms with Crippen LogP contribution in [0.15, 0.2) is 30.6 Å². The van der Waals surface area contributed by atoms with Gasteiger partial charge in [-0.1, -0.05) is 0 Å². The van der Waals surface area contributed by atoms with E-state index in [9.17, 15) is 14.4 Å². The van der Waals surface area contributed by atoms with Crippen molar-refractivity contribution in [2.45, 2.75) is 38.8 Å². The molecule has 0 N–H and O–H groups in total. The van der Waals surface area contributed by atoms with Gasteiger partial charge < -0.3 is 14.5 Å². The summed E-state index contributed by atoms with van der Waals surface area (Å²) in [5.74, 6) is 0.800. The molecule has 0 saturated carbocycles. The van der Waals surface area contributed by atoms with Crippen LogP contribution in [0.2, 0.25) is 0 Å². The number of aromatic nitrogens is 4. The highest BCUT2D eigenvalue weighted by Gasteiger charge is 2.29. The van der Waals surface area contributed by atoms with Gasteiger partial charge in [-0.3, -0.25) is 9.48 Å². The van der Waals surface area contributed by atoms with E-state index in [1.807, 2.05) is 19.3 Å². The second-order valence-electron chi connectivity index (χ2n) is 8.94. The summed E-state index contributed by atoms with van der Waals surface area (Å²) in [6.45, 7) is 4.08. The lowest BCUT2D eigenvalue weighted by molar-refractivity contribution is -0.129. The highest BCUT2D eigenvalue weighted by Crippen LogP contribution is 2.33. The molecule has 180 valence electrons. The van der Waals surface area contributed by atoms with Crippen LogP contribution in [0, 0.1) is 17.1 Å². The van der Waals surface area contributed by atoms with Gasteiger partial charge in [0.05, 0.1) is 29.7 Å². The Morgan fingerprint density at radius 3 is 2.69 bits per heavy atom. The van der Waals surface area contributed by atoms with E-state index in [1.54, 1.807) is 22.7 Å². The van der Waals surface area contributed by atoms with Crippen molar-refractivity contribution in [3.05, 3.63) is 53.4 Å². The maximum atomic E-state index is 13.5. The molecule has 2 aromatic heterocycles. The van der Waals surface area contributed by atoms with Crippen molar-refractivity contribution in [3.63, 3.8) is 0 Å². The summed E-state index contributed by atoms with van der Waals surface area (Å²) in [7, 11) is 1.86. The number of anilines is 1. The third-order valence-corrected chi connectivity index (χ3v) is 6.51. The fourth-order valence-electron chi connectivity index (χ4n) is 4.61. The van der Waals surface area contributed by atoms with Crippen LogP contribution in [-0.4, -0.2) is 56.3 Å². The van der Waals surface area contributed by atoms with E-state index in [-0.39, 0.29) is 17.6 Å². The summed E-state index contributed by atoms with van der Waals surface area (Å²) in [4.78, 5) is 25.9. The summed E-state index contributed by atoms with van der Waals surface area (Å²) in [5.41, 5.74) is 3.58. The van der Waals surface area contributed by atoms with E-state index in [2.05, 4.69) is 10.00 Å². The molecule has 0 atom stereocenters. The predicted octanol–water partition coefficient (Wildman–Crippen LogP) is 2.84. The number of hydrogen-bond acceptors (Lipinski definition) is 7. The number of aryl methyl sites for hydroxylation is 1. The number of halogens is 1. The van der Waals surface area contributed by atoms with E-state index in [4.69, 9.17) is 14.7 Å². The average Bonchev–Trinajstić information content (AvgIpc) is 3.30. The Hall–Kier alpha value is -4.00. The maximum absolute atomic E-state index is 13.5. The zero-order valence-corrected chi connectivity index (χ0v) is 19.7. The fourth-order valence-corrected chi connectivity index (χ4v) is 4.61. The van der Waals surface area contributed by atoms with Gasteiger partial charge in [-0.05, 0) is 18.2 Å². The molecular weight excluding hydrogens is 449 g/mol. The molecule has 2 aliphatic rings. The standard InChI is InChI=1S/C25H26FN7O2/c1-16(34)33-10-7-21-22(15-33)29-24(18-13-28-31(2)14-18)25(30-21)32-8-5-20(6-9-32)35-23-4-3-19(26)11-17(23)12-27/h3-4,11,13-14,20H,5-10,15H2,1-2H3. The van der Waals surface area contributed by atoms with Crippen LogP contribution in [0.25, 0.3) is 11.3 Å². The summed E-state index contributed by atoms with van der Waals surface area (Å²) in [6, 6.07) is 6.02. The largest absolute Gasteiger partial charge is 0.489 e. The molecule has 0 radical (unpaired) electrons. The predicted molar refractivity (Wildman–Crippen MR) is 126 cm³/mol. The Labute approximate surface area is 202 Å². The van der Waals surface area contributed by atoms with E-state index in [0.717, 1.165) is 41.3 Å². The third-order valence-electron chi connectivity index (χ3n) is 6.51. The van der Waals surface area contributed by atoms with Crippen molar-refractivity contribution in [3.8, 4) is 23.1 Å². The van der Waals surface area contributed by atoms with Gasteiger partial charge in [0.2, 0.25) is 5.91 Å². The van der Waals surface area contributed by atoms with Crippen LogP contribution in [0.1, 0.15) is 36.7 Å². The second kappa shape index (κ2) is 9.33. The van der Waals surface area contributed by atoms with Crippen LogP contribution in [0.5, 0.6) is 5.75 Å². The minimum absolute atomic E-state index is 0.0345. The number of amides is 1. The van der Waals surface area contributed by atoms with Gasteiger partial charge in [0.1, 0.15) is 29.4 Å². The Morgan fingerprint density at radius 2 is 2.00 bits per heavy atom. The monoisotopic (exact) mass is 475 g/mol. The Kier molecular flexibility index (Phi) is 6.07. The number of fused-ring (bicyclic) bond motifs is 1. The van der Waals surface area contributed by atoms with E-state index < -0.39 is 5.82 Å². The molecule has 10 heteroatoms. The minimum Gasteiger partial charge on any atom is -0.489 e. The number of carbonyl (C=O) groups is 1. The number of nitriles is 1. The molecule has 0 bridgehead atoms. The normalized spacial score (nSPS) is 16.1. The zero-order valence-electron chi connectivity index (χ0n) is 19.7. The number of carbonyl (C=O) groups excluding carboxylic acids is 1. The number of benzene rings is 1. The van der Waals surface area contributed by atoms with Gasteiger partial charge in [-0.15, -0.1) is 0 Å². The summed E-state index contributed by atoms with van der Waals surface area (Å²) >= 11 is 0. The van der Waals surface area contributed by atoms with Gasteiger partial charge in [-0.25, -0.2) is 14.4 Å². The van der Waals surface area contributed by atoms with Crippen LogP contribution in [0.3, 0.4) is 0 Å². The lowest BCUT2D eigenvalue weighted by Crippen LogP contribution is -2.40. The first-order chi connectivity index (χ1) is 16.9. The smallest absolute Gasteiger partial charge is 0.219 e. The van der Waals surface area contributed by atoms with Gasteiger partial charge >= 0.3 is 0 Å². The third kappa shape index (κ3) is 4.67. The average molecular weight is 476 g/mol. The maximum Gasteiger partial charge on any atom is 0.219 e. The molecule has 35 heavy (non-hydrogen) atoms. The first-order valence-electron chi connectivity index (χ1n) is 11.7. The molecule has 1 saturated heterocycles. The van der Waals surface area contributed by atoms with Crippen LogP contribution >= 0.6 is 0 Å². The Balaban J connectivity index is 1.38. The van der Waals surface area contributed by atoms with Crippen molar-refractivity contribution in [2.75, 3.05) is 24.5 Å². The van der Waals surface area contributed by atoms with Gasteiger partial charge in [-0.2, -0.15) is 10.4 Å². The number of hydrogen-bond donors (Lipinski definition) is 0. The zero-order chi connectivity index (χ0) is 24.5. The lowest BCUT2D eigenvalue weighted by atomic mass is 10.1. The minimum atomic E-state index is -0.455. The SMILES string of the molecule is CC(=O)N1CCc2nc(N3CCC(Oc4ccc(F)cc4C#N)CC3)c(-c3cnn(C)c3)nc2C1. The number of nitrogens with zero attached hydrogens (tertiary/aromatic N) is 7. The molecule has 1 aromatic carbocycles. The van der Waals surface area contributed by atoms with Crippen molar-refractivity contribution in [2.24, 2.45) is 7.05 Å². The van der Waals surface area contributed by atoms with Crippen molar-refractivity contribution in [1.29, 1.82) is 5.26 Å². The Morgan fingerprint density at radius 1 is 1.20 bits per heavy atom. The van der Waals surface area contributed by atoms with Crippen molar-refractivity contribution < 1.29 is 13.9 Å². The molecule has 0 aliphatic carbocycles. The van der Waals surface area contributed by atoms with Crippen LogP contribution in [0.4, 0.5) is 10.2 Å². The fraction of sp³-hybridized carbons (Fsp3) is 0.400. The molecular formula is C25H26FN7O2. The molecule has 5 rings (SSSR count). The quantitative estimate of drug-likeness (QED) is 0.572. The molecule has 4 heterocycles. The molecule has 3 aromatic rings. The molecule has 0 unspecified atom stereocenters. The van der Waals surface area contributed by atoms with Crippen molar-refractivity contribution >= 4 is 11.7 Å². The Bertz CT molecular complexity index is 1310. The second-order valence-corrected chi connectivity index (χ2v) is 8.94. The molecule has 9 nitrogen and oxygen atoms in total.